The van der Waals surface area contributed by atoms with Crippen LogP contribution in [0.4, 0.5) is 0 Å². The van der Waals surface area contributed by atoms with Crippen LogP contribution in [0.25, 0.3) is 0 Å². The van der Waals surface area contributed by atoms with Crippen LogP contribution in [0, 0.1) is 0 Å². The summed E-state index contributed by atoms with van der Waals surface area (Å²) in [5.41, 5.74) is 0. The fraction of sp³-hybridized carbons (Fsp3) is 0.938. The average Bonchev–Trinajstić information content (AvgIpc) is 2.38. The van der Waals surface area contributed by atoms with Gasteiger partial charge in [0.1, 0.15) is 6.61 Å². The summed E-state index contributed by atoms with van der Waals surface area (Å²) in [6.07, 6.45) is 4.76. The molecule has 0 rings (SSSR count). The van der Waals surface area contributed by atoms with Crippen molar-refractivity contribution in [2.75, 3.05) is 19.8 Å². The van der Waals surface area contributed by atoms with Gasteiger partial charge in [0.05, 0.1) is 6.61 Å². The predicted octanol–water partition coefficient (Wildman–Crippen LogP) is 4.57. The van der Waals surface area contributed by atoms with Crippen LogP contribution in [0.3, 0.4) is 0 Å². The van der Waals surface area contributed by atoms with Crippen LogP contribution in [0.1, 0.15) is 39.5 Å². The molecule has 0 aromatic carbocycles. The lowest BCUT2D eigenvalue weighted by Crippen LogP contribution is -2.44. The minimum atomic E-state index is -1.54. The molecule has 22 heavy (non-hydrogen) atoms. The van der Waals surface area contributed by atoms with Gasteiger partial charge in [0, 0.05) is 13.5 Å². The second-order valence-electron chi connectivity index (χ2n) is 7.13. The lowest BCUT2D eigenvalue weighted by Gasteiger charge is -2.34. The Kier molecular flexibility index (Phi) is 11.3. The minimum Gasteiger partial charge on any atom is -0.463 e. The van der Waals surface area contributed by atoms with Gasteiger partial charge in [0.15, 0.2) is 16.6 Å². The predicted molar refractivity (Wildman–Crippen MR) is 97.3 cm³/mol. The van der Waals surface area contributed by atoms with E-state index in [0.717, 1.165) is 19.4 Å². The van der Waals surface area contributed by atoms with E-state index in [9.17, 15) is 4.79 Å². The molecule has 0 bridgehead atoms. The van der Waals surface area contributed by atoms with Gasteiger partial charge in [-0.15, -0.1) is 0 Å². The van der Waals surface area contributed by atoms with E-state index < -0.39 is 16.6 Å². The fourth-order valence-electron chi connectivity index (χ4n) is 2.55. The van der Waals surface area contributed by atoms with Crippen molar-refractivity contribution >= 4 is 22.6 Å². The van der Waals surface area contributed by atoms with Crippen molar-refractivity contribution in [1.29, 1.82) is 0 Å². The second-order valence-corrected chi connectivity index (χ2v) is 16.0. The fourth-order valence-corrected chi connectivity index (χ4v) is 11.7. The molecule has 0 aromatic heterocycles. The maximum atomic E-state index is 10.6. The topological polar surface area (TPSA) is 44.8 Å². The number of esters is 1. The first kappa shape index (κ1) is 21.8. The summed E-state index contributed by atoms with van der Waals surface area (Å²) >= 11 is 0. The highest BCUT2D eigenvalue weighted by Gasteiger charge is 2.31. The number of rotatable bonds is 13. The molecule has 0 fully saturated rings. The normalized spacial score (nSPS) is 12.5. The van der Waals surface area contributed by atoms with Crippen molar-refractivity contribution < 1.29 is 18.4 Å². The van der Waals surface area contributed by atoms with E-state index in [1.54, 1.807) is 0 Å². The molecule has 0 saturated carbocycles. The first-order chi connectivity index (χ1) is 10.2. The van der Waals surface area contributed by atoms with Crippen LogP contribution in [0.2, 0.25) is 38.3 Å². The third-order valence-corrected chi connectivity index (χ3v) is 11.1. The SMILES string of the molecule is CCCC[Si](C)(C)O[Si](C)(C)CCCCOCCOC(C)=O. The maximum Gasteiger partial charge on any atom is 0.302 e. The van der Waals surface area contributed by atoms with Gasteiger partial charge in [-0.1, -0.05) is 26.2 Å². The van der Waals surface area contributed by atoms with Gasteiger partial charge >= 0.3 is 5.97 Å². The van der Waals surface area contributed by atoms with E-state index in [-0.39, 0.29) is 5.97 Å². The molecule has 4 nitrogen and oxygen atoms in total. The van der Waals surface area contributed by atoms with E-state index in [1.165, 1.54) is 31.9 Å². The number of carbonyl (C=O) groups is 1. The highest BCUT2D eigenvalue weighted by Crippen LogP contribution is 2.24. The Hall–Kier alpha value is -0.176. The first-order valence-electron chi connectivity index (χ1n) is 8.60. The van der Waals surface area contributed by atoms with Gasteiger partial charge in [0.2, 0.25) is 0 Å². The lowest BCUT2D eigenvalue weighted by molar-refractivity contribution is -0.142. The van der Waals surface area contributed by atoms with Crippen molar-refractivity contribution in [3.8, 4) is 0 Å². The van der Waals surface area contributed by atoms with E-state index in [0.29, 0.717) is 13.2 Å². The Morgan fingerprint density at radius 2 is 1.45 bits per heavy atom. The van der Waals surface area contributed by atoms with Crippen molar-refractivity contribution in [1.82, 2.24) is 0 Å². The number of ether oxygens (including phenoxy) is 2. The van der Waals surface area contributed by atoms with Gasteiger partial charge in [-0.05, 0) is 44.7 Å². The van der Waals surface area contributed by atoms with Gasteiger partial charge in [0.25, 0.3) is 0 Å². The van der Waals surface area contributed by atoms with E-state index in [4.69, 9.17) is 13.6 Å². The monoisotopic (exact) mass is 348 g/mol. The summed E-state index contributed by atoms with van der Waals surface area (Å²) in [7, 11) is -3.02. The van der Waals surface area contributed by atoms with Gasteiger partial charge < -0.3 is 13.6 Å². The minimum absolute atomic E-state index is 0.247. The molecule has 0 atom stereocenters. The molecule has 0 heterocycles. The summed E-state index contributed by atoms with van der Waals surface area (Å²) in [6.45, 7) is 14.6. The molecule has 0 unspecified atom stereocenters. The molecule has 0 radical (unpaired) electrons. The molecular formula is C16H36O4Si2. The average molecular weight is 349 g/mol. The molecule has 0 aliphatic rings. The number of unbranched alkanes of at least 4 members (excludes halogenated alkanes) is 2. The highest BCUT2D eigenvalue weighted by atomic mass is 28.4. The van der Waals surface area contributed by atoms with E-state index >= 15 is 0 Å². The van der Waals surface area contributed by atoms with Gasteiger partial charge in [-0.3, -0.25) is 4.79 Å². The lowest BCUT2D eigenvalue weighted by atomic mass is 10.4. The highest BCUT2D eigenvalue weighted by molar-refractivity contribution is 6.84. The quantitative estimate of drug-likeness (QED) is 0.278. The van der Waals surface area contributed by atoms with Crippen molar-refractivity contribution in [3.63, 3.8) is 0 Å². The third kappa shape index (κ3) is 13.5. The molecule has 0 N–H and O–H groups in total. The van der Waals surface area contributed by atoms with E-state index in [1.807, 2.05) is 0 Å². The molecule has 0 aliphatic heterocycles. The maximum absolute atomic E-state index is 10.6. The van der Waals surface area contributed by atoms with Crippen LogP contribution in [-0.2, 0) is 18.4 Å². The molecular weight excluding hydrogens is 312 g/mol. The molecule has 132 valence electrons. The third-order valence-electron chi connectivity index (χ3n) is 3.54. The zero-order chi connectivity index (χ0) is 17.1. The molecule has 0 saturated heterocycles. The van der Waals surface area contributed by atoms with Crippen LogP contribution in [-0.4, -0.2) is 42.4 Å². The Morgan fingerprint density at radius 3 is 2.00 bits per heavy atom. The number of carbonyl (C=O) groups excluding carboxylic acids is 1. The Morgan fingerprint density at radius 1 is 0.864 bits per heavy atom. The summed E-state index contributed by atoms with van der Waals surface area (Å²) in [5.74, 6) is -0.247. The Labute approximate surface area is 139 Å². The smallest absolute Gasteiger partial charge is 0.302 e. The summed E-state index contributed by atoms with van der Waals surface area (Å²) in [4.78, 5) is 10.6. The van der Waals surface area contributed by atoms with Crippen molar-refractivity contribution in [3.05, 3.63) is 0 Å². The van der Waals surface area contributed by atoms with Crippen LogP contribution in [0.15, 0.2) is 0 Å². The molecule has 6 heteroatoms. The Bertz CT molecular complexity index is 307. The van der Waals surface area contributed by atoms with Gasteiger partial charge in [-0.25, -0.2) is 0 Å². The van der Waals surface area contributed by atoms with Crippen LogP contribution in [0.5, 0.6) is 0 Å². The molecule has 0 amide bonds. The van der Waals surface area contributed by atoms with E-state index in [2.05, 4.69) is 33.1 Å². The molecule has 0 aliphatic carbocycles. The van der Waals surface area contributed by atoms with Crippen LogP contribution < -0.4 is 0 Å². The number of hydrogen-bond donors (Lipinski definition) is 0. The molecule has 0 aromatic rings. The standard InChI is InChI=1S/C16H36O4Si2/c1-7-8-14-21(3,4)20-22(5,6)15-10-9-11-18-12-13-19-16(2)17/h7-15H2,1-6H3. The number of hydrogen-bond acceptors (Lipinski definition) is 4. The zero-order valence-electron chi connectivity index (χ0n) is 15.5. The molecule has 0 spiro atoms. The van der Waals surface area contributed by atoms with Crippen LogP contribution >= 0.6 is 0 Å². The van der Waals surface area contributed by atoms with Crippen molar-refractivity contribution in [2.24, 2.45) is 0 Å². The summed E-state index contributed by atoms with van der Waals surface area (Å²) in [6, 6.07) is 2.47. The van der Waals surface area contributed by atoms with Crippen molar-refractivity contribution in [2.45, 2.75) is 77.8 Å². The second kappa shape index (κ2) is 11.4. The largest absolute Gasteiger partial charge is 0.463 e. The Balaban J connectivity index is 3.73. The summed E-state index contributed by atoms with van der Waals surface area (Å²) < 4.78 is 16.9. The summed E-state index contributed by atoms with van der Waals surface area (Å²) in [5, 5.41) is 0. The van der Waals surface area contributed by atoms with Gasteiger partial charge in [-0.2, -0.15) is 0 Å². The zero-order valence-corrected chi connectivity index (χ0v) is 17.5. The first-order valence-corrected chi connectivity index (χ1v) is 14.8.